The number of hydrogen-bond donors (Lipinski definition) is 0. The zero-order valence-electron chi connectivity index (χ0n) is 8.06. The Morgan fingerprint density at radius 3 is 2.45 bits per heavy atom. The van der Waals surface area contributed by atoms with Crippen molar-refractivity contribution < 1.29 is 0 Å². The molecule has 64 valence electrons. The van der Waals surface area contributed by atoms with Crippen molar-refractivity contribution >= 4 is 0 Å². The molecule has 0 aromatic heterocycles. The second-order valence-electron chi connectivity index (χ2n) is 4.09. The van der Waals surface area contributed by atoms with Gasteiger partial charge in [-0.1, -0.05) is 45.8 Å². The van der Waals surface area contributed by atoms with Crippen molar-refractivity contribution in [3.8, 4) is 0 Å². The van der Waals surface area contributed by atoms with Crippen molar-refractivity contribution in [2.24, 2.45) is 17.8 Å². The molecule has 3 atom stereocenters. The summed E-state index contributed by atoms with van der Waals surface area (Å²) >= 11 is 0. The third kappa shape index (κ3) is 2.08. The summed E-state index contributed by atoms with van der Waals surface area (Å²) in [4.78, 5) is 0. The summed E-state index contributed by atoms with van der Waals surface area (Å²) in [6, 6.07) is 0. The van der Waals surface area contributed by atoms with Gasteiger partial charge in [-0.25, -0.2) is 0 Å². The van der Waals surface area contributed by atoms with Gasteiger partial charge in [0.15, 0.2) is 0 Å². The van der Waals surface area contributed by atoms with Gasteiger partial charge < -0.3 is 0 Å². The zero-order chi connectivity index (χ0) is 8.43. The van der Waals surface area contributed by atoms with Gasteiger partial charge in [-0.2, -0.15) is 0 Å². The highest BCUT2D eigenvalue weighted by Gasteiger charge is 2.34. The molecule has 0 nitrogen and oxygen atoms in total. The third-order valence-electron chi connectivity index (χ3n) is 3.12. The lowest BCUT2D eigenvalue weighted by Crippen LogP contribution is -2.09. The normalized spacial score (nSPS) is 28.3. The fraction of sp³-hybridized carbons (Fsp3) is 0.818. The highest BCUT2D eigenvalue weighted by atomic mass is 14.4. The SMILES string of the molecule is C=C1CC1C(C)C(C)CCC. The fourth-order valence-corrected chi connectivity index (χ4v) is 1.90. The first-order chi connectivity index (χ1) is 5.16. The second kappa shape index (κ2) is 3.42. The molecule has 11 heavy (non-hydrogen) atoms. The lowest BCUT2D eigenvalue weighted by molar-refractivity contribution is 0.332. The van der Waals surface area contributed by atoms with Gasteiger partial charge in [0.2, 0.25) is 0 Å². The first-order valence-corrected chi connectivity index (χ1v) is 4.84. The summed E-state index contributed by atoms with van der Waals surface area (Å²) in [5.41, 5.74) is 1.49. The lowest BCUT2D eigenvalue weighted by Gasteiger charge is -2.17. The molecule has 1 aliphatic rings. The van der Waals surface area contributed by atoms with Gasteiger partial charge in [-0.15, -0.1) is 0 Å². The van der Waals surface area contributed by atoms with Crippen LogP contribution in [0.4, 0.5) is 0 Å². The summed E-state index contributed by atoms with van der Waals surface area (Å²) < 4.78 is 0. The first kappa shape index (κ1) is 8.83. The quantitative estimate of drug-likeness (QED) is 0.539. The molecule has 1 saturated carbocycles. The minimum absolute atomic E-state index is 0.872. The van der Waals surface area contributed by atoms with Gasteiger partial charge in [0.05, 0.1) is 0 Å². The van der Waals surface area contributed by atoms with Gasteiger partial charge in [0, 0.05) is 0 Å². The molecule has 1 fully saturated rings. The molecule has 0 aliphatic heterocycles. The summed E-state index contributed by atoms with van der Waals surface area (Å²) in [6.07, 6.45) is 4.00. The average Bonchev–Trinajstić information content (AvgIpc) is 2.66. The van der Waals surface area contributed by atoms with Crippen LogP contribution in [0, 0.1) is 17.8 Å². The van der Waals surface area contributed by atoms with Crippen LogP contribution < -0.4 is 0 Å². The highest BCUT2D eigenvalue weighted by molar-refractivity contribution is 5.20. The minimum atomic E-state index is 0.872. The molecule has 0 saturated heterocycles. The van der Waals surface area contributed by atoms with E-state index in [0.29, 0.717) is 0 Å². The van der Waals surface area contributed by atoms with Crippen LogP contribution >= 0.6 is 0 Å². The van der Waals surface area contributed by atoms with Gasteiger partial charge in [0.1, 0.15) is 0 Å². The average molecular weight is 152 g/mol. The Labute approximate surface area is 70.7 Å². The third-order valence-corrected chi connectivity index (χ3v) is 3.12. The standard InChI is InChI=1S/C11H20/c1-5-6-8(2)10(4)11-7-9(11)3/h8,10-11H,3,5-7H2,1-2,4H3. The van der Waals surface area contributed by atoms with Crippen LogP contribution in [-0.2, 0) is 0 Å². The summed E-state index contributed by atoms with van der Waals surface area (Å²) in [7, 11) is 0. The van der Waals surface area contributed by atoms with E-state index in [4.69, 9.17) is 0 Å². The monoisotopic (exact) mass is 152 g/mol. The molecular weight excluding hydrogens is 132 g/mol. The van der Waals surface area contributed by atoms with Crippen LogP contribution in [0.1, 0.15) is 40.0 Å². The van der Waals surface area contributed by atoms with E-state index in [0.717, 1.165) is 17.8 Å². The molecule has 0 N–H and O–H groups in total. The van der Waals surface area contributed by atoms with E-state index < -0.39 is 0 Å². The Balaban J connectivity index is 2.28. The van der Waals surface area contributed by atoms with Crippen LogP contribution in [0.25, 0.3) is 0 Å². The largest absolute Gasteiger partial charge is 0.0995 e. The first-order valence-electron chi connectivity index (χ1n) is 4.84. The Hall–Kier alpha value is -0.260. The number of hydrogen-bond acceptors (Lipinski definition) is 0. The van der Waals surface area contributed by atoms with Gasteiger partial charge in [-0.3, -0.25) is 0 Å². The molecule has 0 aromatic rings. The van der Waals surface area contributed by atoms with Crippen LogP contribution in [0.5, 0.6) is 0 Å². The zero-order valence-corrected chi connectivity index (χ0v) is 8.06. The maximum Gasteiger partial charge on any atom is -0.0140 e. The van der Waals surface area contributed by atoms with Crippen LogP contribution in [0.15, 0.2) is 12.2 Å². The van der Waals surface area contributed by atoms with E-state index in [-0.39, 0.29) is 0 Å². The Kier molecular flexibility index (Phi) is 2.75. The van der Waals surface area contributed by atoms with Crippen molar-refractivity contribution in [1.82, 2.24) is 0 Å². The molecule has 1 aliphatic carbocycles. The van der Waals surface area contributed by atoms with Gasteiger partial charge in [0.25, 0.3) is 0 Å². The molecule has 0 heteroatoms. The molecule has 0 bridgehead atoms. The van der Waals surface area contributed by atoms with E-state index >= 15 is 0 Å². The van der Waals surface area contributed by atoms with Crippen molar-refractivity contribution in [3.05, 3.63) is 12.2 Å². The van der Waals surface area contributed by atoms with Crippen molar-refractivity contribution in [1.29, 1.82) is 0 Å². The summed E-state index contributed by atoms with van der Waals surface area (Å²) in [5.74, 6) is 2.64. The maximum atomic E-state index is 4.01. The fourth-order valence-electron chi connectivity index (χ4n) is 1.90. The van der Waals surface area contributed by atoms with Crippen LogP contribution in [-0.4, -0.2) is 0 Å². The highest BCUT2D eigenvalue weighted by Crippen LogP contribution is 2.45. The predicted molar refractivity (Wildman–Crippen MR) is 50.5 cm³/mol. The van der Waals surface area contributed by atoms with E-state index in [9.17, 15) is 0 Å². The topological polar surface area (TPSA) is 0 Å². The molecule has 0 amide bonds. The lowest BCUT2D eigenvalue weighted by atomic mass is 9.88. The van der Waals surface area contributed by atoms with E-state index in [1.807, 2.05) is 0 Å². The molecule has 0 aromatic carbocycles. The Morgan fingerprint density at radius 1 is 1.55 bits per heavy atom. The number of allylic oxidation sites excluding steroid dienone is 1. The molecule has 0 radical (unpaired) electrons. The molecular formula is C11H20. The summed E-state index contributed by atoms with van der Waals surface area (Å²) in [6.45, 7) is 11.0. The minimum Gasteiger partial charge on any atom is -0.0995 e. The molecule has 0 spiro atoms. The van der Waals surface area contributed by atoms with Crippen LogP contribution in [0.2, 0.25) is 0 Å². The number of rotatable bonds is 4. The predicted octanol–water partition coefficient (Wildman–Crippen LogP) is 3.63. The van der Waals surface area contributed by atoms with Crippen molar-refractivity contribution in [2.45, 2.75) is 40.0 Å². The van der Waals surface area contributed by atoms with E-state index in [1.165, 1.54) is 24.8 Å². The van der Waals surface area contributed by atoms with E-state index in [1.54, 1.807) is 0 Å². The molecule has 3 unspecified atom stereocenters. The van der Waals surface area contributed by atoms with Crippen molar-refractivity contribution in [3.63, 3.8) is 0 Å². The van der Waals surface area contributed by atoms with Gasteiger partial charge >= 0.3 is 0 Å². The van der Waals surface area contributed by atoms with Crippen molar-refractivity contribution in [2.75, 3.05) is 0 Å². The van der Waals surface area contributed by atoms with E-state index in [2.05, 4.69) is 27.4 Å². The Morgan fingerprint density at radius 2 is 2.09 bits per heavy atom. The summed E-state index contributed by atoms with van der Waals surface area (Å²) in [5, 5.41) is 0. The smallest absolute Gasteiger partial charge is 0.0140 e. The van der Waals surface area contributed by atoms with Gasteiger partial charge in [-0.05, 0) is 24.2 Å². The Bertz CT molecular complexity index is 146. The second-order valence-corrected chi connectivity index (χ2v) is 4.09. The van der Waals surface area contributed by atoms with Crippen LogP contribution in [0.3, 0.4) is 0 Å². The molecule has 0 heterocycles. The molecule has 1 rings (SSSR count). The maximum absolute atomic E-state index is 4.01.